The van der Waals surface area contributed by atoms with E-state index in [9.17, 15) is 5.11 Å². The maximum atomic E-state index is 9.28. The molecule has 0 bridgehead atoms. The number of hydrogen-bond donors (Lipinski definition) is 2. The monoisotopic (exact) mass is 237 g/mol. The summed E-state index contributed by atoms with van der Waals surface area (Å²) in [7, 11) is 0. The lowest BCUT2D eigenvalue weighted by Gasteiger charge is -2.35. The average Bonchev–Trinajstić information content (AvgIpc) is 2.62. The molecule has 2 N–H and O–H groups in total. The van der Waals surface area contributed by atoms with Crippen LogP contribution < -0.4 is 5.32 Å². The summed E-state index contributed by atoms with van der Waals surface area (Å²) < 4.78 is 5.56. The normalized spacial score (nSPS) is 24.4. The summed E-state index contributed by atoms with van der Waals surface area (Å²) in [5.41, 5.74) is 1.59. The standard InChI is InChI=1S/C14H23NO2/c1-10(16)4-6-15-12-8-14(2,3)9-13-11(12)5-7-17-13/h5,7,10,12,15-16H,4,6,8-9H2,1-3H3. The highest BCUT2D eigenvalue weighted by molar-refractivity contribution is 5.26. The number of aliphatic hydroxyl groups excluding tert-OH is 1. The molecule has 0 aliphatic heterocycles. The third-order valence-corrected chi connectivity index (χ3v) is 3.50. The zero-order valence-corrected chi connectivity index (χ0v) is 11.0. The van der Waals surface area contributed by atoms with Crippen LogP contribution in [0.25, 0.3) is 0 Å². The van der Waals surface area contributed by atoms with E-state index in [0.717, 1.165) is 31.6 Å². The molecule has 0 saturated heterocycles. The van der Waals surface area contributed by atoms with Crippen molar-refractivity contribution >= 4 is 0 Å². The number of aliphatic hydroxyl groups is 1. The summed E-state index contributed by atoms with van der Waals surface area (Å²) >= 11 is 0. The first-order valence-electron chi connectivity index (χ1n) is 6.46. The maximum absolute atomic E-state index is 9.28. The van der Waals surface area contributed by atoms with E-state index in [1.54, 1.807) is 6.26 Å². The third-order valence-electron chi connectivity index (χ3n) is 3.50. The zero-order valence-electron chi connectivity index (χ0n) is 11.0. The molecule has 1 aromatic rings. The number of furan rings is 1. The highest BCUT2D eigenvalue weighted by Gasteiger charge is 2.33. The Balaban J connectivity index is 2.02. The van der Waals surface area contributed by atoms with Gasteiger partial charge in [0.05, 0.1) is 12.4 Å². The molecule has 17 heavy (non-hydrogen) atoms. The Bertz CT molecular complexity index is 368. The molecule has 1 aliphatic carbocycles. The van der Waals surface area contributed by atoms with Crippen molar-refractivity contribution in [2.75, 3.05) is 6.54 Å². The smallest absolute Gasteiger partial charge is 0.109 e. The van der Waals surface area contributed by atoms with Gasteiger partial charge in [0, 0.05) is 18.0 Å². The Morgan fingerprint density at radius 2 is 2.35 bits per heavy atom. The van der Waals surface area contributed by atoms with Gasteiger partial charge in [-0.05, 0) is 37.8 Å². The van der Waals surface area contributed by atoms with Gasteiger partial charge in [0.25, 0.3) is 0 Å². The van der Waals surface area contributed by atoms with Crippen LogP contribution in [0.1, 0.15) is 51.0 Å². The van der Waals surface area contributed by atoms with E-state index in [-0.39, 0.29) is 11.5 Å². The zero-order chi connectivity index (χ0) is 12.5. The minimum absolute atomic E-state index is 0.233. The van der Waals surface area contributed by atoms with Gasteiger partial charge >= 0.3 is 0 Å². The molecule has 2 unspecified atom stereocenters. The molecule has 0 amide bonds. The van der Waals surface area contributed by atoms with Crippen molar-refractivity contribution in [3.63, 3.8) is 0 Å². The van der Waals surface area contributed by atoms with Crippen LogP contribution in [0.3, 0.4) is 0 Å². The predicted molar refractivity (Wildman–Crippen MR) is 67.9 cm³/mol. The molecule has 0 aromatic carbocycles. The number of nitrogens with one attached hydrogen (secondary N) is 1. The van der Waals surface area contributed by atoms with Crippen LogP contribution in [0.4, 0.5) is 0 Å². The molecule has 0 fully saturated rings. The largest absolute Gasteiger partial charge is 0.469 e. The second-order valence-corrected chi connectivity index (χ2v) is 5.99. The predicted octanol–water partition coefficient (Wildman–Crippen LogP) is 2.65. The van der Waals surface area contributed by atoms with Gasteiger partial charge in [0.1, 0.15) is 5.76 Å². The fraction of sp³-hybridized carbons (Fsp3) is 0.714. The summed E-state index contributed by atoms with van der Waals surface area (Å²) in [6, 6.07) is 2.44. The van der Waals surface area contributed by atoms with E-state index in [1.807, 2.05) is 6.92 Å². The van der Waals surface area contributed by atoms with Crippen LogP contribution >= 0.6 is 0 Å². The van der Waals surface area contributed by atoms with E-state index in [2.05, 4.69) is 25.2 Å². The van der Waals surface area contributed by atoms with Crippen molar-refractivity contribution in [3.8, 4) is 0 Å². The fourth-order valence-corrected chi connectivity index (χ4v) is 2.62. The number of hydrogen-bond acceptors (Lipinski definition) is 3. The highest BCUT2D eigenvalue weighted by atomic mass is 16.3. The quantitative estimate of drug-likeness (QED) is 0.846. The molecule has 96 valence electrons. The topological polar surface area (TPSA) is 45.4 Å². The van der Waals surface area contributed by atoms with Crippen LogP contribution in [0.15, 0.2) is 16.7 Å². The lowest BCUT2D eigenvalue weighted by molar-refractivity contribution is 0.177. The van der Waals surface area contributed by atoms with Crippen LogP contribution in [0.2, 0.25) is 0 Å². The minimum Gasteiger partial charge on any atom is -0.469 e. The maximum Gasteiger partial charge on any atom is 0.109 e. The van der Waals surface area contributed by atoms with Crippen LogP contribution in [0, 0.1) is 5.41 Å². The molecule has 0 radical (unpaired) electrons. The lowest BCUT2D eigenvalue weighted by atomic mass is 9.75. The molecule has 0 saturated carbocycles. The van der Waals surface area contributed by atoms with Gasteiger partial charge in [0.15, 0.2) is 0 Å². The molecule has 1 aliphatic rings. The van der Waals surface area contributed by atoms with E-state index >= 15 is 0 Å². The molecular weight excluding hydrogens is 214 g/mol. The Morgan fingerprint density at radius 1 is 1.59 bits per heavy atom. The van der Waals surface area contributed by atoms with E-state index in [4.69, 9.17) is 4.42 Å². The molecule has 0 spiro atoms. The van der Waals surface area contributed by atoms with Crippen molar-refractivity contribution in [2.45, 2.75) is 52.2 Å². The van der Waals surface area contributed by atoms with Gasteiger partial charge in [-0.1, -0.05) is 13.8 Å². The van der Waals surface area contributed by atoms with Crippen molar-refractivity contribution in [1.29, 1.82) is 0 Å². The Morgan fingerprint density at radius 3 is 3.06 bits per heavy atom. The first-order valence-corrected chi connectivity index (χ1v) is 6.46. The fourth-order valence-electron chi connectivity index (χ4n) is 2.62. The molecule has 1 heterocycles. The average molecular weight is 237 g/mol. The molecule has 3 nitrogen and oxygen atoms in total. The number of rotatable bonds is 4. The van der Waals surface area contributed by atoms with Gasteiger partial charge in [0.2, 0.25) is 0 Å². The second-order valence-electron chi connectivity index (χ2n) is 5.99. The summed E-state index contributed by atoms with van der Waals surface area (Å²) in [5.74, 6) is 1.12. The summed E-state index contributed by atoms with van der Waals surface area (Å²) in [5, 5.41) is 12.8. The molecule has 2 atom stereocenters. The van der Waals surface area contributed by atoms with Crippen molar-refractivity contribution in [2.24, 2.45) is 5.41 Å². The second kappa shape index (κ2) is 4.83. The van der Waals surface area contributed by atoms with Crippen LogP contribution in [0.5, 0.6) is 0 Å². The third kappa shape index (κ3) is 3.11. The van der Waals surface area contributed by atoms with Gasteiger partial charge in [-0.3, -0.25) is 0 Å². The SMILES string of the molecule is CC(O)CCNC1CC(C)(C)Cc2occc21. The highest BCUT2D eigenvalue weighted by Crippen LogP contribution is 2.41. The Hall–Kier alpha value is -0.800. The van der Waals surface area contributed by atoms with Gasteiger partial charge in [-0.2, -0.15) is 0 Å². The first kappa shape index (κ1) is 12.7. The Labute approximate surface area is 103 Å². The lowest BCUT2D eigenvalue weighted by Crippen LogP contribution is -2.33. The van der Waals surface area contributed by atoms with Gasteiger partial charge in [-0.15, -0.1) is 0 Å². The van der Waals surface area contributed by atoms with Crippen molar-refractivity contribution < 1.29 is 9.52 Å². The minimum atomic E-state index is -0.233. The summed E-state index contributed by atoms with van der Waals surface area (Å²) in [6.07, 6.45) is 4.49. The molecular formula is C14H23NO2. The number of fused-ring (bicyclic) bond motifs is 1. The van der Waals surface area contributed by atoms with Crippen molar-refractivity contribution in [3.05, 3.63) is 23.7 Å². The molecule has 1 aromatic heterocycles. The van der Waals surface area contributed by atoms with E-state index in [0.29, 0.717) is 6.04 Å². The molecule has 3 heteroatoms. The first-order chi connectivity index (χ1) is 7.98. The van der Waals surface area contributed by atoms with Crippen molar-refractivity contribution in [1.82, 2.24) is 5.32 Å². The van der Waals surface area contributed by atoms with Crippen LogP contribution in [-0.2, 0) is 6.42 Å². The van der Waals surface area contributed by atoms with E-state index < -0.39 is 0 Å². The van der Waals surface area contributed by atoms with Gasteiger partial charge in [-0.25, -0.2) is 0 Å². The summed E-state index contributed by atoms with van der Waals surface area (Å²) in [6.45, 7) is 7.24. The summed E-state index contributed by atoms with van der Waals surface area (Å²) in [4.78, 5) is 0. The molecule has 2 rings (SSSR count). The van der Waals surface area contributed by atoms with Crippen LogP contribution in [-0.4, -0.2) is 17.8 Å². The Kier molecular flexibility index (Phi) is 3.59. The van der Waals surface area contributed by atoms with Gasteiger partial charge < -0.3 is 14.8 Å². The van der Waals surface area contributed by atoms with E-state index in [1.165, 1.54) is 5.56 Å².